The van der Waals surface area contributed by atoms with Gasteiger partial charge in [-0.15, -0.1) is 0 Å². The van der Waals surface area contributed by atoms with Crippen LogP contribution in [-0.4, -0.2) is 21.7 Å². The number of hydrazone groups is 1. The van der Waals surface area contributed by atoms with Gasteiger partial charge >= 0.3 is 0 Å². The number of nitrogens with one attached hydrogen (secondary N) is 1. The number of hydrogen-bond donors (Lipinski definition) is 1. The van der Waals surface area contributed by atoms with Crippen molar-refractivity contribution in [2.45, 2.75) is 20.4 Å². The van der Waals surface area contributed by atoms with E-state index in [1.807, 2.05) is 43.3 Å². The van der Waals surface area contributed by atoms with Gasteiger partial charge in [0.05, 0.1) is 17.2 Å². The molecule has 0 atom stereocenters. The third kappa shape index (κ3) is 3.19. The van der Waals surface area contributed by atoms with Crippen LogP contribution in [0.15, 0.2) is 65.8 Å². The first-order chi connectivity index (χ1) is 13.2. The Morgan fingerprint density at radius 3 is 2.81 bits per heavy atom. The summed E-state index contributed by atoms with van der Waals surface area (Å²) in [6.07, 6.45) is 1.68. The molecule has 0 spiro atoms. The van der Waals surface area contributed by atoms with Gasteiger partial charge in [0.1, 0.15) is 5.82 Å². The second kappa shape index (κ2) is 7.03. The van der Waals surface area contributed by atoms with Crippen LogP contribution in [0.5, 0.6) is 0 Å². The molecule has 4 aromatic rings. The quantitative estimate of drug-likeness (QED) is 0.438. The highest BCUT2D eigenvalue weighted by Gasteiger charge is 2.10. The topological polar surface area (TPSA) is 59.3 Å². The summed E-state index contributed by atoms with van der Waals surface area (Å²) in [5, 5.41) is 6.37. The monoisotopic (exact) mass is 356 g/mol. The highest BCUT2D eigenvalue weighted by Crippen LogP contribution is 2.18. The first-order valence-electron chi connectivity index (χ1n) is 8.95. The van der Waals surface area contributed by atoms with Crippen LogP contribution in [0.25, 0.3) is 21.8 Å². The van der Waals surface area contributed by atoms with Gasteiger partial charge in [-0.05, 0) is 42.8 Å². The lowest BCUT2D eigenvalue weighted by Crippen LogP contribution is -2.17. The van der Waals surface area contributed by atoms with Gasteiger partial charge < -0.3 is 4.57 Å². The lowest BCUT2D eigenvalue weighted by molar-refractivity contribution is 0.0955. The molecule has 0 aliphatic heterocycles. The summed E-state index contributed by atoms with van der Waals surface area (Å²) in [6, 6.07) is 19.6. The molecule has 0 aliphatic rings. The van der Waals surface area contributed by atoms with Crippen molar-refractivity contribution in [2.75, 3.05) is 0 Å². The van der Waals surface area contributed by atoms with E-state index in [1.165, 1.54) is 0 Å². The smallest absolute Gasteiger partial charge is 0.271 e. The van der Waals surface area contributed by atoms with Crippen molar-refractivity contribution in [1.29, 1.82) is 0 Å². The molecule has 0 radical (unpaired) electrons. The lowest BCUT2D eigenvalue weighted by atomic mass is 10.1. The zero-order valence-electron chi connectivity index (χ0n) is 15.3. The summed E-state index contributed by atoms with van der Waals surface area (Å²) < 4.78 is 2.12. The summed E-state index contributed by atoms with van der Waals surface area (Å²) in [5.41, 5.74) is 5.96. The summed E-state index contributed by atoms with van der Waals surface area (Å²) in [5.74, 6) is 0.691. The van der Waals surface area contributed by atoms with Crippen LogP contribution >= 0.6 is 0 Å². The van der Waals surface area contributed by atoms with Gasteiger partial charge in [0, 0.05) is 17.7 Å². The fraction of sp³-hybridized carbons (Fsp3) is 0.136. The predicted octanol–water partition coefficient (Wildman–Crippen LogP) is 4.28. The maximum Gasteiger partial charge on any atom is 0.271 e. The van der Waals surface area contributed by atoms with Crippen molar-refractivity contribution in [3.8, 4) is 0 Å². The van der Waals surface area contributed by atoms with Crippen LogP contribution in [-0.2, 0) is 6.54 Å². The minimum Gasteiger partial charge on any atom is -0.329 e. The van der Waals surface area contributed by atoms with Crippen LogP contribution in [0.4, 0.5) is 0 Å². The molecule has 1 amide bonds. The normalized spacial score (nSPS) is 11.5. The first-order valence-corrected chi connectivity index (χ1v) is 8.95. The van der Waals surface area contributed by atoms with Crippen LogP contribution in [0.3, 0.4) is 0 Å². The molecule has 27 heavy (non-hydrogen) atoms. The van der Waals surface area contributed by atoms with E-state index in [4.69, 9.17) is 0 Å². The molecule has 0 saturated heterocycles. The number of aryl methyl sites for hydroxylation is 2. The Hall–Kier alpha value is -3.47. The molecule has 0 unspecified atom stereocenters. The van der Waals surface area contributed by atoms with E-state index in [-0.39, 0.29) is 5.91 Å². The Morgan fingerprint density at radius 2 is 1.96 bits per heavy atom. The highest BCUT2D eigenvalue weighted by molar-refractivity contribution is 6.01. The van der Waals surface area contributed by atoms with E-state index in [0.717, 1.165) is 39.7 Å². The van der Waals surface area contributed by atoms with Crippen molar-refractivity contribution in [3.63, 3.8) is 0 Å². The molecule has 0 saturated carbocycles. The Morgan fingerprint density at radius 1 is 1.15 bits per heavy atom. The molecule has 1 heterocycles. The van der Waals surface area contributed by atoms with Crippen LogP contribution in [0.1, 0.15) is 28.7 Å². The molecule has 4 rings (SSSR count). The Kier molecular flexibility index (Phi) is 4.42. The second-order valence-electron chi connectivity index (χ2n) is 6.37. The van der Waals surface area contributed by atoms with Gasteiger partial charge in [-0.2, -0.15) is 5.10 Å². The minimum absolute atomic E-state index is 0.253. The second-order valence-corrected chi connectivity index (χ2v) is 6.37. The molecule has 5 heteroatoms. The minimum atomic E-state index is -0.253. The number of benzene rings is 3. The molecule has 1 N–H and O–H groups in total. The zero-order valence-corrected chi connectivity index (χ0v) is 15.3. The number of imidazole rings is 1. The number of amides is 1. The maximum atomic E-state index is 12.4. The SMILES string of the molecule is CCn1c(C)nc2cc(C(=O)N/N=C\c3cccc4ccccc34)ccc21. The van der Waals surface area contributed by atoms with Gasteiger partial charge in [0.25, 0.3) is 5.91 Å². The van der Waals surface area contributed by atoms with E-state index in [9.17, 15) is 4.79 Å². The van der Waals surface area contributed by atoms with Crippen molar-refractivity contribution < 1.29 is 4.79 Å². The third-order valence-electron chi connectivity index (χ3n) is 4.71. The van der Waals surface area contributed by atoms with E-state index in [0.29, 0.717) is 5.56 Å². The average molecular weight is 356 g/mol. The number of hydrogen-bond acceptors (Lipinski definition) is 3. The summed E-state index contributed by atoms with van der Waals surface area (Å²) in [7, 11) is 0. The fourth-order valence-corrected chi connectivity index (χ4v) is 3.38. The van der Waals surface area contributed by atoms with Gasteiger partial charge in [0.2, 0.25) is 0 Å². The third-order valence-corrected chi connectivity index (χ3v) is 4.71. The van der Waals surface area contributed by atoms with Crippen molar-refractivity contribution >= 4 is 33.9 Å². The highest BCUT2D eigenvalue weighted by atomic mass is 16.2. The molecule has 1 aromatic heterocycles. The van der Waals surface area contributed by atoms with Gasteiger partial charge in [-0.1, -0.05) is 42.5 Å². The molecule has 0 fully saturated rings. The van der Waals surface area contributed by atoms with Crippen molar-refractivity contribution in [1.82, 2.24) is 15.0 Å². The molecule has 0 bridgehead atoms. The van der Waals surface area contributed by atoms with Gasteiger partial charge in [-0.25, -0.2) is 10.4 Å². The van der Waals surface area contributed by atoms with E-state index in [1.54, 1.807) is 18.3 Å². The molecule has 5 nitrogen and oxygen atoms in total. The summed E-state index contributed by atoms with van der Waals surface area (Å²) >= 11 is 0. The fourth-order valence-electron chi connectivity index (χ4n) is 3.38. The Balaban J connectivity index is 1.55. The molecule has 0 aliphatic carbocycles. The van der Waals surface area contributed by atoms with Gasteiger partial charge in [-0.3, -0.25) is 4.79 Å². The summed E-state index contributed by atoms with van der Waals surface area (Å²) in [6.45, 7) is 4.90. The van der Waals surface area contributed by atoms with Gasteiger partial charge in [0.15, 0.2) is 0 Å². The number of aromatic nitrogens is 2. The number of nitrogens with zero attached hydrogens (tertiary/aromatic N) is 3. The Bertz CT molecular complexity index is 1170. The lowest BCUT2D eigenvalue weighted by Gasteiger charge is -2.03. The van der Waals surface area contributed by atoms with Crippen molar-refractivity contribution in [2.24, 2.45) is 5.10 Å². The largest absolute Gasteiger partial charge is 0.329 e. The average Bonchev–Trinajstić information content (AvgIpc) is 3.02. The first kappa shape index (κ1) is 17.0. The standard InChI is InChI=1S/C22H20N4O/c1-3-26-15(2)24-20-13-17(11-12-21(20)26)22(27)25-23-14-18-9-6-8-16-7-4-5-10-19(16)18/h4-14H,3H2,1-2H3,(H,25,27)/b23-14-. The number of carbonyl (C=O) groups is 1. The maximum absolute atomic E-state index is 12.4. The number of rotatable bonds is 4. The predicted molar refractivity (Wildman–Crippen MR) is 109 cm³/mol. The van der Waals surface area contributed by atoms with Crippen molar-refractivity contribution in [3.05, 3.63) is 77.6 Å². The van der Waals surface area contributed by atoms with E-state index in [2.05, 4.69) is 39.1 Å². The van der Waals surface area contributed by atoms with Crippen LogP contribution < -0.4 is 5.43 Å². The zero-order chi connectivity index (χ0) is 18.8. The Labute approximate surface area is 157 Å². The molecular weight excluding hydrogens is 336 g/mol. The summed E-state index contributed by atoms with van der Waals surface area (Å²) in [4.78, 5) is 17.0. The van der Waals surface area contributed by atoms with Crippen LogP contribution in [0, 0.1) is 6.92 Å². The van der Waals surface area contributed by atoms with Crippen LogP contribution in [0.2, 0.25) is 0 Å². The van der Waals surface area contributed by atoms with E-state index >= 15 is 0 Å². The number of fused-ring (bicyclic) bond motifs is 2. The number of carbonyl (C=O) groups excluding carboxylic acids is 1. The molecular formula is C22H20N4O. The molecule has 134 valence electrons. The molecule has 3 aromatic carbocycles. The van der Waals surface area contributed by atoms with E-state index < -0.39 is 0 Å².